The zero-order chi connectivity index (χ0) is 15.7. The third kappa shape index (κ3) is 3.00. The maximum Gasteiger partial charge on any atom is 0.0595 e. The van der Waals surface area contributed by atoms with Gasteiger partial charge in [0.2, 0.25) is 0 Å². The van der Waals surface area contributed by atoms with Crippen molar-refractivity contribution >= 4 is 34.8 Å². The zero-order valence-corrected chi connectivity index (χ0v) is 14.6. The first kappa shape index (κ1) is 16.1. The van der Waals surface area contributed by atoms with E-state index in [-0.39, 0.29) is 0 Å². The summed E-state index contributed by atoms with van der Waals surface area (Å²) in [7, 11) is 2.02. The summed E-state index contributed by atoms with van der Waals surface area (Å²) in [6, 6.07) is 12.9. The van der Waals surface area contributed by atoms with Gasteiger partial charge in [0, 0.05) is 17.8 Å². The summed E-state index contributed by atoms with van der Waals surface area (Å²) in [5.74, 6) is 0.903. The molecule has 0 aliphatic heterocycles. The lowest BCUT2D eigenvalue weighted by Crippen LogP contribution is -2.24. The zero-order valence-electron chi connectivity index (χ0n) is 12.4. The highest BCUT2D eigenvalue weighted by Gasteiger charge is 2.27. The SMILES string of the molecule is CN[C@H]1CCC(c2ccc(Cl)c(Cl)c2)c2ccc(CCl)cc21. The van der Waals surface area contributed by atoms with Crippen LogP contribution in [0.4, 0.5) is 0 Å². The molecular weight excluding hydrogens is 337 g/mol. The number of benzene rings is 2. The molecule has 4 heteroatoms. The first-order chi connectivity index (χ1) is 10.6. The van der Waals surface area contributed by atoms with E-state index < -0.39 is 0 Å². The van der Waals surface area contributed by atoms with Crippen LogP contribution < -0.4 is 5.32 Å². The van der Waals surface area contributed by atoms with E-state index in [0.29, 0.717) is 27.9 Å². The van der Waals surface area contributed by atoms with Crippen LogP contribution in [0.3, 0.4) is 0 Å². The van der Waals surface area contributed by atoms with Crippen molar-refractivity contribution in [3.8, 4) is 0 Å². The molecule has 1 unspecified atom stereocenters. The minimum atomic E-state index is 0.360. The van der Waals surface area contributed by atoms with Gasteiger partial charge in [-0.15, -0.1) is 11.6 Å². The van der Waals surface area contributed by atoms with E-state index >= 15 is 0 Å². The maximum atomic E-state index is 6.20. The molecule has 1 nitrogen and oxygen atoms in total. The number of rotatable bonds is 3. The van der Waals surface area contributed by atoms with Crippen LogP contribution in [-0.2, 0) is 5.88 Å². The van der Waals surface area contributed by atoms with Crippen molar-refractivity contribution in [3.05, 3.63) is 68.7 Å². The molecule has 22 heavy (non-hydrogen) atoms. The molecule has 0 saturated carbocycles. The molecule has 1 aliphatic carbocycles. The van der Waals surface area contributed by atoms with Gasteiger partial charge in [0.25, 0.3) is 0 Å². The summed E-state index contributed by atoms with van der Waals surface area (Å²) in [5, 5.41) is 4.64. The molecule has 2 aromatic carbocycles. The Bertz CT molecular complexity index is 684. The molecule has 0 radical (unpaired) electrons. The lowest BCUT2D eigenvalue weighted by molar-refractivity contribution is 0.470. The molecule has 2 aromatic rings. The van der Waals surface area contributed by atoms with Crippen molar-refractivity contribution in [2.24, 2.45) is 0 Å². The highest BCUT2D eigenvalue weighted by atomic mass is 35.5. The van der Waals surface area contributed by atoms with Crippen LogP contribution in [0.25, 0.3) is 0 Å². The van der Waals surface area contributed by atoms with E-state index in [9.17, 15) is 0 Å². The number of alkyl halides is 1. The lowest BCUT2D eigenvalue weighted by atomic mass is 9.76. The molecular formula is C18H18Cl3N. The molecule has 0 saturated heterocycles. The fourth-order valence-corrected chi connectivity index (χ4v) is 3.82. The van der Waals surface area contributed by atoms with Crippen LogP contribution in [0.15, 0.2) is 36.4 Å². The second-order valence-electron chi connectivity index (χ2n) is 5.74. The smallest absolute Gasteiger partial charge is 0.0595 e. The van der Waals surface area contributed by atoms with E-state index in [4.69, 9.17) is 34.8 Å². The Morgan fingerprint density at radius 1 is 1.00 bits per heavy atom. The van der Waals surface area contributed by atoms with Crippen molar-refractivity contribution in [2.75, 3.05) is 7.05 Å². The van der Waals surface area contributed by atoms with E-state index in [1.165, 1.54) is 16.7 Å². The van der Waals surface area contributed by atoms with Gasteiger partial charge in [0.15, 0.2) is 0 Å². The molecule has 2 atom stereocenters. The van der Waals surface area contributed by atoms with Gasteiger partial charge in [-0.2, -0.15) is 0 Å². The average Bonchev–Trinajstić information content (AvgIpc) is 2.55. The van der Waals surface area contributed by atoms with Crippen LogP contribution in [0.5, 0.6) is 0 Å². The summed E-state index contributed by atoms with van der Waals surface area (Å²) in [4.78, 5) is 0. The molecule has 3 rings (SSSR count). The van der Waals surface area contributed by atoms with Crippen LogP contribution in [-0.4, -0.2) is 7.05 Å². The molecule has 0 spiro atoms. The van der Waals surface area contributed by atoms with Gasteiger partial charge in [0.05, 0.1) is 10.0 Å². The first-order valence-corrected chi connectivity index (χ1v) is 8.74. The van der Waals surface area contributed by atoms with Gasteiger partial charge in [-0.3, -0.25) is 0 Å². The number of halogens is 3. The molecule has 116 valence electrons. The third-order valence-corrected chi connectivity index (χ3v) is 5.54. The minimum Gasteiger partial charge on any atom is -0.313 e. The summed E-state index contributed by atoms with van der Waals surface area (Å²) in [6.07, 6.45) is 2.19. The Labute approximate surface area is 146 Å². The fourth-order valence-electron chi connectivity index (χ4n) is 3.35. The van der Waals surface area contributed by atoms with E-state index in [2.05, 4.69) is 29.6 Å². The van der Waals surface area contributed by atoms with Gasteiger partial charge >= 0.3 is 0 Å². The summed E-state index contributed by atoms with van der Waals surface area (Å²) in [5.41, 5.74) is 5.10. The highest BCUT2D eigenvalue weighted by Crippen LogP contribution is 2.42. The van der Waals surface area contributed by atoms with Crippen LogP contribution in [0.1, 0.15) is 47.1 Å². The van der Waals surface area contributed by atoms with Crippen LogP contribution in [0, 0.1) is 0 Å². The number of nitrogens with one attached hydrogen (secondary N) is 1. The Morgan fingerprint density at radius 2 is 1.82 bits per heavy atom. The standard InChI is InChI=1S/C18H18Cl3N/c1-22-18-7-5-13(12-3-6-16(20)17(21)9-12)14-4-2-11(10-19)8-15(14)18/h2-4,6,8-9,13,18,22H,5,7,10H2,1H3/t13?,18-/m0/s1. The van der Waals surface area contributed by atoms with Crippen molar-refractivity contribution in [2.45, 2.75) is 30.7 Å². The van der Waals surface area contributed by atoms with Crippen molar-refractivity contribution in [1.82, 2.24) is 5.32 Å². The number of hydrogen-bond donors (Lipinski definition) is 1. The topological polar surface area (TPSA) is 12.0 Å². The highest BCUT2D eigenvalue weighted by molar-refractivity contribution is 6.42. The number of fused-ring (bicyclic) bond motifs is 1. The summed E-state index contributed by atoms with van der Waals surface area (Å²) >= 11 is 18.2. The maximum absolute atomic E-state index is 6.20. The van der Waals surface area contributed by atoms with Gasteiger partial charge in [-0.25, -0.2) is 0 Å². The summed E-state index contributed by atoms with van der Waals surface area (Å²) < 4.78 is 0. The Morgan fingerprint density at radius 3 is 2.50 bits per heavy atom. The van der Waals surface area contributed by atoms with Gasteiger partial charge in [-0.1, -0.05) is 47.5 Å². The molecule has 0 amide bonds. The van der Waals surface area contributed by atoms with Crippen molar-refractivity contribution < 1.29 is 0 Å². The van der Waals surface area contributed by atoms with Crippen molar-refractivity contribution in [1.29, 1.82) is 0 Å². The predicted molar refractivity (Wildman–Crippen MR) is 95.3 cm³/mol. The van der Waals surface area contributed by atoms with Crippen LogP contribution in [0.2, 0.25) is 10.0 Å². The second-order valence-corrected chi connectivity index (χ2v) is 6.82. The fraction of sp³-hybridized carbons (Fsp3) is 0.333. The molecule has 1 aliphatic rings. The predicted octanol–water partition coefficient (Wildman–Crippen LogP) is 5.92. The van der Waals surface area contributed by atoms with Crippen molar-refractivity contribution in [3.63, 3.8) is 0 Å². The van der Waals surface area contributed by atoms with Gasteiger partial charge in [0.1, 0.15) is 0 Å². The Hall–Kier alpha value is -0.730. The first-order valence-electron chi connectivity index (χ1n) is 7.45. The Balaban J connectivity index is 2.06. The quantitative estimate of drug-likeness (QED) is 0.675. The molecule has 0 bridgehead atoms. The molecule has 1 N–H and O–H groups in total. The molecule has 0 fully saturated rings. The van der Waals surface area contributed by atoms with E-state index in [1.54, 1.807) is 0 Å². The molecule has 0 heterocycles. The average molecular weight is 355 g/mol. The second kappa shape index (κ2) is 6.80. The van der Waals surface area contributed by atoms with Gasteiger partial charge in [-0.05, 0) is 54.3 Å². The third-order valence-electron chi connectivity index (χ3n) is 4.49. The monoisotopic (exact) mass is 353 g/mol. The van der Waals surface area contributed by atoms with E-state index in [0.717, 1.165) is 18.4 Å². The molecule has 0 aromatic heterocycles. The van der Waals surface area contributed by atoms with Gasteiger partial charge < -0.3 is 5.32 Å². The number of hydrogen-bond acceptors (Lipinski definition) is 1. The van der Waals surface area contributed by atoms with Crippen LogP contribution >= 0.6 is 34.8 Å². The van der Waals surface area contributed by atoms with E-state index in [1.807, 2.05) is 19.2 Å². The Kier molecular flexibility index (Phi) is 4.99. The largest absolute Gasteiger partial charge is 0.313 e. The lowest BCUT2D eigenvalue weighted by Gasteiger charge is -2.32. The summed E-state index contributed by atoms with van der Waals surface area (Å²) in [6.45, 7) is 0. The minimum absolute atomic E-state index is 0.360. The normalized spacial score (nSPS) is 20.7.